The molecule has 174 valence electrons. The van der Waals surface area contributed by atoms with E-state index in [0.717, 1.165) is 38.0 Å². The Labute approximate surface area is 194 Å². The van der Waals surface area contributed by atoms with Crippen LogP contribution in [-0.4, -0.2) is 40.1 Å². The molecule has 1 aromatic heterocycles. The summed E-state index contributed by atoms with van der Waals surface area (Å²) in [6.45, 7) is 9.66. The average Bonchev–Trinajstić information content (AvgIpc) is 2.85. The van der Waals surface area contributed by atoms with Crippen molar-refractivity contribution in [3.05, 3.63) is 75.5 Å². The molecule has 0 unspecified atom stereocenters. The molecule has 2 heterocycles. The third-order valence-electron chi connectivity index (χ3n) is 6.03. The van der Waals surface area contributed by atoms with Crippen molar-refractivity contribution in [2.24, 2.45) is 0 Å². The molecule has 0 atom stereocenters. The normalized spacial score (nSPS) is 14.5. The highest BCUT2D eigenvalue weighted by Crippen LogP contribution is 2.15. The van der Waals surface area contributed by atoms with Gasteiger partial charge in [0.05, 0.1) is 28.9 Å². The summed E-state index contributed by atoms with van der Waals surface area (Å²) in [5.41, 5.74) is 3.43. The molecule has 1 N–H and O–H groups in total. The van der Waals surface area contributed by atoms with Crippen LogP contribution in [0.5, 0.6) is 0 Å². The minimum absolute atomic E-state index is 0.149. The van der Waals surface area contributed by atoms with Crippen LogP contribution in [0.3, 0.4) is 0 Å². The fourth-order valence-electron chi connectivity index (χ4n) is 4.07. The second-order valence-electron chi connectivity index (χ2n) is 8.14. The zero-order chi connectivity index (χ0) is 23.8. The summed E-state index contributed by atoms with van der Waals surface area (Å²) < 4.78 is 15.4. The van der Waals surface area contributed by atoms with Crippen molar-refractivity contribution in [1.29, 1.82) is 5.26 Å². The van der Waals surface area contributed by atoms with E-state index in [-0.39, 0.29) is 11.4 Å². The molecule has 0 spiro atoms. The van der Waals surface area contributed by atoms with Gasteiger partial charge < -0.3 is 14.8 Å². The van der Waals surface area contributed by atoms with Crippen LogP contribution in [0.4, 0.5) is 4.39 Å². The Kier molecular flexibility index (Phi) is 8.70. The Bertz CT molecular complexity index is 1180. The summed E-state index contributed by atoms with van der Waals surface area (Å²) >= 11 is 0. The number of nitrogens with one attached hydrogen (secondary N) is 1. The molecule has 2 aromatic carbocycles. The van der Waals surface area contributed by atoms with Crippen molar-refractivity contribution in [3.8, 4) is 6.07 Å². The van der Waals surface area contributed by atoms with Gasteiger partial charge in [0, 0.05) is 25.7 Å². The lowest BCUT2D eigenvalue weighted by atomic mass is 10.0. The van der Waals surface area contributed by atoms with Crippen LogP contribution in [-0.2, 0) is 13.1 Å². The molecule has 6 nitrogen and oxygen atoms in total. The largest absolute Gasteiger partial charge is 0.310 e. The maximum Gasteiger partial charge on any atom is 0.269 e. The van der Waals surface area contributed by atoms with Gasteiger partial charge in [-0.2, -0.15) is 5.26 Å². The Balaban J connectivity index is 0.00000149. The highest BCUT2D eigenvalue weighted by Gasteiger charge is 2.19. The molecule has 1 aliphatic heterocycles. The summed E-state index contributed by atoms with van der Waals surface area (Å²) in [6, 6.07) is 13.1. The first kappa shape index (κ1) is 24.6. The van der Waals surface area contributed by atoms with Crippen LogP contribution < -0.4 is 10.9 Å². The van der Waals surface area contributed by atoms with Gasteiger partial charge in [0.25, 0.3) is 5.56 Å². The fourth-order valence-corrected chi connectivity index (χ4v) is 4.07. The monoisotopic (exact) mass is 449 g/mol. The Morgan fingerprint density at radius 3 is 2.61 bits per heavy atom. The number of fused-ring (bicyclic) bond motifs is 1. The first-order chi connectivity index (χ1) is 16.0. The van der Waals surface area contributed by atoms with Crippen LogP contribution >= 0.6 is 0 Å². The lowest BCUT2D eigenvalue weighted by molar-refractivity contribution is 0.191. The Morgan fingerprint density at radius 1 is 1.15 bits per heavy atom. The van der Waals surface area contributed by atoms with Gasteiger partial charge in [-0.1, -0.05) is 26.0 Å². The first-order valence-corrected chi connectivity index (χ1v) is 11.6. The van der Waals surface area contributed by atoms with E-state index in [9.17, 15) is 9.18 Å². The van der Waals surface area contributed by atoms with Crippen LogP contribution in [0.15, 0.2) is 47.4 Å². The Morgan fingerprint density at radius 2 is 1.91 bits per heavy atom. The molecule has 0 bridgehead atoms. The quantitative estimate of drug-likeness (QED) is 0.616. The van der Waals surface area contributed by atoms with Gasteiger partial charge >= 0.3 is 0 Å². The molecule has 0 aliphatic carbocycles. The van der Waals surface area contributed by atoms with Gasteiger partial charge in [0.15, 0.2) is 0 Å². The predicted molar refractivity (Wildman–Crippen MR) is 130 cm³/mol. The van der Waals surface area contributed by atoms with Crippen molar-refractivity contribution < 1.29 is 4.39 Å². The third-order valence-corrected chi connectivity index (χ3v) is 6.03. The second-order valence-corrected chi connectivity index (χ2v) is 8.14. The van der Waals surface area contributed by atoms with E-state index in [2.05, 4.69) is 21.3 Å². The lowest BCUT2D eigenvalue weighted by Gasteiger charge is -2.32. The van der Waals surface area contributed by atoms with Crippen molar-refractivity contribution in [3.63, 3.8) is 0 Å². The van der Waals surface area contributed by atoms with Gasteiger partial charge in [0.2, 0.25) is 0 Å². The lowest BCUT2D eigenvalue weighted by Crippen LogP contribution is -2.43. The minimum Gasteiger partial charge on any atom is -0.310 e. The molecule has 3 aromatic rings. The zero-order valence-corrected chi connectivity index (χ0v) is 19.6. The molecule has 1 saturated heterocycles. The van der Waals surface area contributed by atoms with Crippen molar-refractivity contribution in [2.75, 3.05) is 19.6 Å². The summed E-state index contributed by atoms with van der Waals surface area (Å²) in [4.78, 5) is 18.9. The van der Waals surface area contributed by atoms with Crippen molar-refractivity contribution in [2.45, 2.75) is 52.7 Å². The summed E-state index contributed by atoms with van der Waals surface area (Å²) in [5.74, 6) is -0.158. The van der Waals surface area contributed by atoms with Crippen molar-refractivity contribution in [1.82, 2.24) is 19.8 Å². The van der Waals surface area contributed by atoms with Gasteiger partial charge in [-0.15, -0.1) is 0 Å². The van der Waals surface area contributed by atoms with E-state index in [1.54, 1.807) is 35.8 Å². The number of piperidine rings is 1. The van der Waals surface area contributed by atoms with E-state index in [1.807, 2.05) is 26.0 Å². The number of aromatic nitrogens is 2. The summed E-state index contributed by atoms with van der Waals surface area (Å²) in [5, 5.41) is 12.7. The molecular formula is C26H32FN5O. The number of likely N-dealkylation sites (tertiary alicyclic amines) is 1. The standard InChI is InChI=1S/C24H26FN5O.C2H6/c1-17-2-3-19(12-21(17)25)15-27-20-6-8-29(9-7-20)10-11-30-23-13-18(14-26)4-5-22(23)28-16-24(30)31;1-2/h2-5,12-13,16,20,27H,6-11,15H2,1H3;1-2H3. The highest BCUT2D eigenvalue weighted by molar-refractivity contribution is 5.76. The van der Waals surface area contributed by atoms with Crippen LogP contribution in [0.2, 0.25) is 0 Å². The molecular weight excluding hydrogens is 417 g/mol. The van der Waals surface area contributed by atoms with E-state index < -0.39 is 0 Å². The fraction of sp³-hybridized carbons (Fsp3) is 0.423. The number of hydrogen-bond acceptors (Lipinski definition) is 5. The topological polar surface area (TPSA) is 73.9 Å². The maximum absolute atomic E-state index is 13.7. The van der Waals surface area contributed by atoms with Crippen molar-refractivity contribution >= 4 is 11.0 Å². The van der Waals surface area contributed by atoms with Crippen LogP contribution in [0, 0.1) is 24.1 Å². The molecule has 0 radical (unpaired) electrons. The van der Waals surface area contributed by atoms with E-state index >= 15 is 0 Å². The summed E-state index contributed by atoms with van der Waals surface area (Å²) in [6.07, 6.45) is 3.37. The van der Waals surface area contributed by atoms with E-state index in [0.29, 0.717) is 41.3 Å². The molecule has 0 saturated carbocycles. The number of nitriles is 1. The van der Waals surface area contributed by atoms with Crippen LogP contribution in [0.1, 0.15) is 43.4 Å². The number of hydrogen-bond donors (Lipinski definition) is 1. The van der Waals surface area contributed by atoms with Gasteiger partial charge in [-0.3, -0.25) is 4.79 Å². The Hall–Kier alpha value is -3.08. The van der Waals surface area contributed by atoms with E-state index in [4.69, 9.17) is 5.26 Å². The second kappa shape index (κ2) is 11.7. The van der Waals surface area contributed by atoms with E-state index in [1.165, 1.54) is 6.20 Å². The first-order valence-electron chi connectivity index (χ1n) is 11.6. The molecule has 0 amide bonds. The summed E-state index contributed by atoms with van der Waals surface area (Å²) in [7, 11) is 0. The maximum atomic E-state index is 13.7. The van der Waals surface area contributed by atoms with Gasteiger partial charge in [-0.25, -0.2) is 9.37 Å². The molecule has 4 rings (SSSR count). The third kappa shape index (κ3) is 6.25. The number of halogens is 1. The predicted octanol–water partition coefficient (Wildman–Crippen LogP) is 4.00. The smallest absolute Gasteiger partial charge is 0.269 e. The average molecular weight is 450 g/mol. The number of benzene rings is 2. The SMILES string of the molecule is CC.Cc1ccc(CNC2CCN(CCn3c(=O)cnc4ccc(C#N)cc43)CC2)cc1F. The van der Waals surface area contributed by atoms with Crippen LogP contribution in [0.25, 0.3) is 11.0 Å². The highest BCUT2D eigenvalue weighted by atomic mass is 19.1. The van der Waals surface area contributed by atoms with Gasteiger partial charge in [0.1, 0.15) is 5.82 Å². The zero-order valence-electron chi connectivity index (χ0n) is 19.6. The number of nitrogens with zero attached hydrogens (tertiary/aromatic N) is 4. The molecule has 1 fully saturated rings. The minimum atomic E-state index is -0.158. The number of rotatable bonds is 6. The van der Waals surface area contributed by atoms with Gasteiger partial charge in [-0.05, 0) is 68.2 Å². The molecule has 7 heteroatoms. The molecule has 1 aliphatic rings. The molecule has 33 heavy (non-hydrogen) atoms. The number of aryl methyl sites for hydroxylation is 1.